The van der Waals surface area contributed by atoms with Crippen LogP contribution in [0, 0.1) is 22.7 Å². The first-order valence-electron chi connectivity index (χ1n) is 12.2. The summed E-state index contributed by atoms with van der Waals surface area (Å²) in [5, 5.41) is 0. The van der Waals surface area contributed by atoms with Crippen molar-refractivity contribution in [2.24, 2.45) is 22.7 Å². The zero-order valence-corrected chi connectivity index (χ0v) is 21.0. The Morgan fingerprint density at radius 2 is 1.70 bits per heavy atom. The van der Waals surface area contributed by atoms with Gasteiger partial charge in [0.1, 0.15) is 19.3 Å². The van der Waals surface area contributed by atoms with Crippen LogP contribution in [-0.2, 0) is 33.3 Å². The van der Waals surface area contributed by atoms with Gasteiger partial charge in [-0.25, -0.2) is 0 Å². The lowest BCUT2D eigenvalue weighted by Crippen LogP contribution is -2.57. The fraction of sp³-hybridized carbons (Fsp3) is 0.808. The SMILES string of the molecule is CC(=O)OC/C=C(\COC(C)=O)[C@@H](C[C@@]1(C)[C@H](C)CC[C@]2(C)[C@H]1CCC[C@@]21CO1)OC(C)=O. The van der Waals surface area contributed by atoms with Crippen molar-refractivity contribution in [3.8, 4) is 0 Å². The van der Waals surface area contributed by atoms with Gasteiger partial charge >= 0.3 is 17.9 Å². The molecule has 0 aromatic heterocycles. The largest absolute Gasteiger partial charge is 0.462 e. The molecule has 2 saturated carbocycles. The van der Waals surface area contributed by atoms with Crippen molar-refractivity contribution in [2.45, 2.75) is 91.8 Å². The molecular formula is C26H40O7. The number of fused-ring (bicyclic) bond motifs is 2. The average molecular weight is 465 g/mol. The summed E-state index contributed by atoms with van der Waals surface area (Å²) >= 11 is 0. The van der Waals surface area contributed by atoms with Crippen molar-refractivity contribution in [3.63, 3.8) is 0 Å². The Kier molecular flexibility index (Phi) is 7.62. The standard InChI is InChI=1S/C26H40O7/c1-17-9-12-25(6)23(8-7-11-26(25)16-32-26)24(17,5)14-22(33-20(4)29)21(15-31-19(3)28)10-13-30-18(2)27/h10,17,22-23H,7-9,11-16H2,1-6H3/b21-10+/t17-,22-,23+,24+,25-,26-/m1/s1. The van der Waals surface area contributed by atoms with Crippen molar-refractivity contribution in [1.29, 1.82) is 0 Å². The Balaban J connectivity index is 1.92. The fourth-order valence-electron chi connectivity index (χ4n) is 6.65. The number of rotatable bonds is 8. The van der Waals surface area contributed by atoms with E-state index in [1.807, 2.05) is 0 Å². The molecule has 3 fully saturated rings. The van der Waals surface area contributed by atoms with Crippen molar-refractivity contribution in [2.75, 3.05) is 19.8 Å². The number of hydrogen-bond acceptors (Lipinski definition) is 7. The molecular weight excluding hydrogens is 424 g/mol. The zero-order chi connectivity index (χ0) is 24.4. The second-order valence-electron chi connectivity index (χ2n) is 10.8. The summed E-state index contributed by atoms with van der Waals surface area (Å²) in [7, 11) is 0. The molecule has 186 valence electrons. The molecule has 3 rings (SSSR count). The van der Waals surface area contributed by atoms with Crippen LogP contribution in [0.15, 0.2) is 11.6 Å². The van der Waals surface area contributed by atoms with E-state index >= 15 is 0 Å². The van der Waals surface area contributed by atoms with Crippen molar-refractivity contribution < 1.29 is 33.3 Å². The first-order chi connectivity index (χ1) is 15.4. The summed E-state index contributed by atoms with van der Waals surface area (Å²) in [6.45, 7) is 12.0. The van der Waals surface area contributed by atoms with E-state index in [0.717, 1.165) is 38.7 Å². The summed E-state index contributed by atoms with van der Waals surface area (Å²) in [6, 6.07) is 0. The van der Waals surface area contributed by atoms with E-state index in [1.54, 1.807) is 6.08 Å². The molecule has 1 spiro atoms. The van der Waals surface area contributed by atoms with Gasteiger partial charge in [0, 0.05) is 31.8 Å². The predicted molar refractivity (Wildman–Crippen MR) is 122 cm³/mol. The van der Waals surface area contributed by atoms with Gasteiger partial charge in [0.05, 0.1) is 12.2 Å². The minimum absolute atomic E-state index is 0.0000160. The summed E-state index contributed by atoms with van der Waals surface area (Å²) in [4.78, 5) is 34.9. The Morgan fingerprint density at radius 3 is 2.27 bits per heavy atom. The molecule has 7 heteroatoms. The van der Waals surface area contributed by atoms with E-state index in [0.29, 0.717) is 23.8 Å². The lowest BCUT2D eigenvalue weighted by Gasteiger charge is -2.60. The highest BCUT2D eigenvalue weighted by molar-refractivity contribution is 5.67. The maximum absolute atomic E-state index is 12.1. The lowest BCUT2D eigenvalue weighted by molar-refractivity contribution is -0.156. The molecule has 0 radical (unpaired) electrons. The number of carbonyl (C=O) groups excluding carboxylic acids is 3. The summed E-state index contributed by atoms with van der Waals surface area (Å²) in [5.41, 5.74) is 0.657. The Morgan fingerprint density at radius 1 is 1.03 bits per heavy atom. The maximum Gasteiger partial charge on any atom is 0.303 e. The zero-order valence-electron chi connectivity index (χ0n) is 21.0. The normalized spacial score (nSPS) is 36.5. The fourth-order valence-corrected chi connectivity index (χ4v) is 6.65. The minimum atomic E-state index is -0.565. The van der Waals surface area contributed by atoms with Crippen molar-refractivity contribution in [1.82, 2.24) is 0 Å². The lowest BCUT2D eigenvalue weighted by atomic mass is 9.44. The molecule has 1 heterocycles. The van der Waals surface area contributed by atoms with Gasteiger partial charge in [0.25, 0.3) is 0 Å². The second-order valence-corrected chi connectivity index (χ2v) is 10.8. The Bertz CT molecular complexity index is 798. The first kappa shape index (κ1) is 25.7. The molecule has 0 bridgehead atoms. The number of epoxide rings is 1. The van der Waals surface area contributed by atoms with Crippen molar-refractivity contribution >= 4 is 17.9 Å². The number of esters is 3. The van der Waals surface area contributed by atoms with E-state index in [4.69, 9.17) is 18.9 Å². The van der Waals surface area contributed by atoms with Gasteiger partial charge in [-0.15, -0.1) is 0 Å². The summed E-state index contributed by atoms with van der Waals surface area (Å²) in [5.74, 6) is -0.332. The van der Waals surface area contributed by atoms with Gasteiger partial charge in [-0.1, -0.05) is 27.2 Å². The van der Waals surface area contributed by atoms with Crippen LogP contribution in [0.25, 0.3) is 0 Å². The molecule has 7 nitrogen and oxygen atoms in total. The van der Waals surface area contributed by atoms with Gasteiger partial charge in [0.15, 0.2) is 0 Å². The Labute approximate surface area is 197 Å². The third-order valence-electron chi connectivity index (χ3n) is 8.82. The molecule has 1 aliphatic heterocycles. The summed E-state index contributed by atoms with van der Waals surface area (Å²) in [6.07, 6.45) is 7.41. The smallest absolute Gasteiger partial charge is 0.303 e. The van der Waals surface area contributed by atoms with Gasteiger partial charge in [0.2, 0.25) is 0 Å². The van der Waals surface area contributed by atoms with Crippen LogP contribution in [0.5, 0.6) is 0 Å². The summed E-state index contributed by atoms with van der Waals surface area (Å²) < 4.78 is 22.3. The van der Waals surface area contributed by atoms with Gasteiger partial charge in [-0.3, -0.25) is 14.4 Å². The van der Waals surface area contributed by atoms with Gasteiger partial charge < -0.3 is 18.9 Å². The molecule has 0 N–H and O–H groups in total. The number of hydrogen-bond donors (Lipinski definition) is 0. The average Bonchev–Trinajstić information content (AvgIpc) is 3.50. The van der Waals surface area contributed by atoms with Crippen molar-refractivity contribution in [3.05, 3.63) is 11.6 Å². The highest BCUT2D eigenvalue weighted by Crippen LogP contribution is 2.68. The highest BCUT2D eigenvalue weighted by Gasteiger charge is 2.68. The molecule has 0 unspecified atom stereocenters. The van der Waals surface area contributed by atoms with E-state index in [2.05, 4.69) is 20.8 Å². The highest BCUT2D eigenvalue weighted by atomic mass is 16.6. The first-order valence-corrected chi connectivity index (χ1v) is 12.2. The van der Waals surface area contributed by atoms with Crippen LogP contribution >= 0.6 is 0 Å². The minimum Gasteiger partial charge on any atom is -0.462 e. The topological polar surface area (TPSA) is 91.4 Å². The molecule has 2 aliphatic carbocycles. The van der Waals surface area contributed by atoms with Crippen LogP contribution in [0.3, 0.4) is 0 Å². The van der Waals surface area contributed by atoms with E-state index in [9.17, 15) is 14.4 Å². The third-order valence-corrected chi connectivity index (χ3v) is 8.82. The van der Waals surface area contributed by atoms with Gasteiger partial charge in [-0.2, -0.15) is 0 Å². The van der Waals surface area contributed by atoms with Crippen LogP contribution < -0.4 is 0 Å². The quantitative estimate of drug-likeness (QED) is 0.228. The number of ether oxygens (including phenoxy) is 4. The van der Waals surface area contributed by atoms with E-state index in [-0.39, 0.29) is 35.6 Å². The van der Waals surface area contributed by atoms with E-state index in [1.165, 1.54) is 20.8 Å². The van der Waals surface area contributed by atoms with Crippen LogP contribution in [0.4, 0.5) is 0 Å². The second kappa shape index (κ2) is 9.77. The molecule has 0 aromatic carbocycles. The molecule has 6 atom stereocenters. The van der Waals surface area contributed by atoms with Crippen LogP contribution in [0.2, 0.25) is 0 Å². The number of carbonyl (C=O) groups is 3. The van der Waals surface area contributed by atoms with Crippen LogP contribution in [-0.4, -0.2) is 49.4 Å². The molecule has 0 aromatic rings. The van der Waals surface area contributed by atoms with Crippen LogP contribution in [0.1, 0.15) is 80.1 Å². The maximum atomic E-state index is 12.1. The molecule has 1 saturated heterocycles. The predicted octanol–water partition coefficient (Wildman–Crippen LogP) is 4.37. The monoisotopic (exact) mass is 464 g/mol. The molecule has 0 amide bonds. The third kappa shape index (κ3) is 5.28. The van der Waals surface area contributed by atoms with Gasteiger partial charge in [-0.05, 0) is 55.4 Å². The molecule has 33 heavy (non-hydrogen) atoms. The Hall–Kier alpha value is -1.89. The van der Waals surface area contributed by atoms with E-state index < -0.39 is 18.0 Å². The molecule has 3 aliphatic rings.